The summed E-state index contributed by atoms with van der Waals surface area (Å²) >= 11 is 0. The predicted molar refractivity (Wildman–Crippen MR) is 90.8 cm³/mol. The molecule has 5 nitrogen and oxygen atoms in total. The van der Waals surface area contributed by atoms with E-state index in [0.29, 0.717) is 19.1 Å². The molecule has 1 atom stereocenters. The van der Waals surface area contributed by atoms with Crippen LogP contribution in [0.2, 0.25) is 0 Å². The van der Waals surface area contributed by atoms with Crippen LogP contribution < -0.4 is 15.8 Å². The van der Waals surface area contributed by atoms with Crippen LogP contribution in [0.15, 0.2) is 23.2 Å². The fourth-order valence-corrected chi connectivity index (χ4v) is 1.97. The zero-order chi connectivity index (χ0) is 13.7. The van der Waals surface area contributed by atoms with Crippen LogP contribution >= 0.6 is 24.0 Å². The number of aryl methyl sites for hydroxylation is 1. The van der Waals surface area contributed by atoms with Gasteiger partial charge in [-0.25, -0.2) is 0 Å². The van der Waals surface area contributed by atoms with E-state index in [-0.39, 0.29) is 30.1 Å². The minimum Gasteiger partial charge on any atom is -0.488 e. The van der Waals surface area contributed by atoms with Crippen molar-refractivity contribution >= 4 is 29.9 Å². The second-order valence-corrected chi connectivity index (χ2v) is 4.68. The number of hydrogen-bond acceptors (Lipinski definition) is 3. The van der Waals surface area contributed by atoms with Crippen LogP contribution in [0, 0.1) is 6.92 Å². The second-order valence-electron chi connectivity index (χ2n) is 4.68. The van der Waals surface area contributed by atoms with Gasteiger partial charge in [0.25, 0.3) is 0 Å². The van der Waals surface area contributed by atoms with Crippen molar-refractivity contribution in [2.75, 3.05) is 20.3 Å². The first kappa shape index (κ1) is 17.0. The van der Waals surface area contributed by atoms with Crippen molar-refractivity contribution in [3.8, 4) is 5.75 Å². The molecule has 6 heteroatoms. The molecule has 1 fully saturated rings. The molecule has 1 aromatic rings. The largest absolute Gasteiger partial charge is 0.488 e. The molecule has 1 aliphatic heterocycles. The number of nitrogens with zero attached hydrogens (tertiary/aromatic N) is 1. The van der Waals surface area contributed by atoms with Gasteiger partial charge >= 0.3 is 0 Å². The molecule has 1 saturated heterocycles. The van der Waals surface area contributed by atoms with Crippen LogP contribution in [0.5, 0.6) is 5.75 Å². The van der Waals surface area contributed by atoms with Crippen LogP contribution in [0.25, 0.3) is 0 Å². The Morgan fingerprint density at radius 2 is 2.35 bits per heavy atom. The third-order valence-electron chi connectivity index (χ3n) is 3.11. The number of guanidine groups is 1. The summed E-state index contributed by atoms with van der Waals surface area (Å²) in [6, 6.07) is 6.17. The lowest BCUT2D eigenvalue weighted by Gasteiger charge is -2.17. The van der Waals surface area contributed by atoms with Crippen LogP contribution in [0.4, 0.5) is 0 Å². The average Bonchev–Trinajstić information content (AvgIpc) is 2.90. The highest BCUT2D eigenvalue weighted by Crippen LogP contribution is 2.23. The average molecular weight is 391 g/mol. The van der Waals surface area contributed by atoms with Crippen molar-refractivity contribution < 1.29 is 9.47 Å². The number of ether oxygens (including phenoxy) is 2. The smallest absolute Gasteiger partial charge is 0.188 e. The summed E-state index contributed by atoms with van der Waals surface area (Å²) in [6.07, 6.45) is 1.09. The van der Waals surface area contributed by atoms with Gasteiger partial charge < -0.3 is 20.5 Å². The maximum atomic E-state index is 6.01. The van der Waals surface area contributed by atoms with Crippen molar-refractivity contribution in [2.24, 2.45) is 10.7 Å². The van der Waals surface area contributed by atoms with E-state index < -0.39 is 0 Å². The number of benzene rings is 1. The monoisotopic (exact) mass is 391 g/mol. The molecule has 0 bridgehead atoms. The minimum absolute atomic E-state index is 0. The number of halogens is 1. The summed E-state index contributed by atoms with van der Waals surface area (Å²) in [4.78, 5) is 3.88. The molecule has 2 rings (SSSR count). The summed E-state index contributed by atoms with van der Waals surface area (Å²) in [5.74, 6) is 1.32. The summed E-state index contributed by atoms with van der Waals surface area (Å²) in [5.41, 5.74) is 7.89. The second kappa shape index (κ2) is 8.31. The van der Waals surface area contributed by atoms with Gasteiger partial charge in [0.15, 0.2) is 5.96 Å². The molecule has 112 valence electrons. The van der Waals surface area contributed by atoms with Crippen LogP contribution in [-0.2, 0) is 11.3 Å². The van der Waals surface area contributed by atoms with Gasteiger partial charge in [0.05, 0.1) is 13.2 Å². The van der Waals surface area contributed by atoms with E-state index in [4.69, 9.17) is 15.2 Å². The molecule has 1 unspecified atom stereocenters. The summed E-state index contributed by atoms with van der Waals surface area (Å²) in [7, 11) is 1.66. The number of nitrogens with one attached hydrogen (secondary N) is 1. The van der Waals surface area contributed by atoms with Crippen molar-refractivity contribution in [2.45, 2.75) is 26.0 Å². The maximum absolute atomic E-state index is 6.01. The third-order valence-corrected chi connectivity index (χ3v) is 3.11. The summed E-state index contributed by atoms with van der Waals surface area (Å²) < 4.78 is 11.3. The molecule has 3 N–H and O–H groups in total. The van der Waals surface area contributed by atoms with Crippen LogP contribution in [0.3, 0.4) is 0 Å². The van der Waals surface area contributed by atoms with Crippen LogP contribution in [-0.4, -0.2) is 32.3 Å². The van der Waals surface area contributed by atoms with Gasteiger partial charge in [-0.15, -0.1) is 24.0 Å². The maximum Gasteiger partial charge on any atom is 0.188 e. The van der Waals surface area contributed by atoms with Gasteiger partial charge in [0.1, 0.15) is 11.9 Å². The third kappa shape index (κ3) is 4.82. The van der Waals surface area contributed by atoms with E-state index in [0.717, 1.165) is 24.3 Å². The molecule has 1 aromatic carbocycles. The Morgan fingerprint density at radius 1 is 1.55 bits per heavy atom. The van der Waals surface area contributed by atoms with Crippen LogP contribution in [0.1, 0.15) is 17.5 Å². The van der Waals surface area contributed by atoms with Crippen molar-refractivity contribution in [3.05, 3.63) is 29.3 Å². The molecule has 1 heterocycles. The Kier molecular flexibility index (Phi) is 7.08. The highest BCUT2D eigenvalue weighted by atomic mass is 127. The van der Waals surface area contributed by atoms with Gasteiger partial charge in [0.2, 0.25) is 0 Å². The van der Waals surface area contributed by atoms with Gasteiger partial charge in [-0.2, -0.15) is 0 Å². The SMILES string of the molecule is CN=C(N)NCc1ccc(C)cc1OC1CCOC1.I. The lowest BCUT2D eigenvalue weighted by atomic mass is 10.1. The van der Waals surface area contributed by atoms with Gasteiger partial charge in [-0.3, -0.25) is 4.99 Å². The first-order chi connectivity index (χ1) is 9.19. The first-order valence-corrected chi connectivity index (χ1v) is 6.49. The normalized spacial score (nSPS) is 18.5. The van der Waals surface area contributed by atoms with Crippen molar-refractivity contribution in [3.63, 3.8) is 0 Å². The fourth-order valence-electron chi connectivity index (χ4n) is 1.97. The predicted octanol–water partition coefficient (Wildman–Crippen LogP) is 1.81. The van der Waals surface area contributed by atoms with Crippen molar-refractivity contribution in [1.29, 1.82) is 0 Å². The highest BCUT2D eigenvalue weighted by Gasteiger charge is 2.18. The van der Waals surface area contributed by atoms with E-state index in [2.05, 4.69) is 35.4 Å². The van der Waals surface area contributed by atoms with E-state index in [1.165, 1.54) is 5.56 Å². The van der Waals surface area contributed by atoms with E-state index in [1.54, 1.807) is 7.05 Å². The van der Waals surface area contributed by atoms with Gasteiger partial charge in [-0.05, 0) is 18.6 Å². The topological polar surface area (TPSA) is 68.9 Å². The van der Waals surface area contributed by atoms with Gasteiger partial charge in [-0.1, -0.05) is 12.1 Å². The number of aliphatic imine (C=N–C) groups is 1. The number of hydrogen-bond donors (Lipinski definition) is 2. The van der Waals surface area contributed by atoms with Gasteiger partial charge in [0, 0.05) is 25.6 Å². The molecule has 1 aliphatic rings. The molecule has 0 aliphatic carbocycles. The zero-order valence-electron chi connectivity index (χ0n) is 11.9. The fraction of sp³-hybridized carbons (Fsp3) is 0.500. The zero-order valence-corrected chi connectivity index (χ0v) is 14.2. The van der Waals surface area contributed by atoms with Crippen molar-refractivity contribution in [1.82, 2.24) is 5.32 Å². The Labute approximate surface area is 137 Å². The molecular weight excluding hydrogens is 369 g/mol. The molecule has 0 aromatic heterocycles. The number of rotatable bonds is 4. The Bertz CT molecular complexity index is 460. The van der Waals surface area contributed by atoms with E-state index in [1.807, 2.05) is 0 Å². The highest BCUT2D eigenvalue weighted by molar-refractivity contribution is 14.0. The molecule has 0 spiro atoms. The van der Waals surface area contributed by atoms with E-state index in [9.17, 15) is 0 Å². The lowest BCUT2D eigenvalue weighted by molar-refractivity contribution is 0.140. The summed E-state index contributed by atoms with van der Waals surface area (Å²) in [5, 5.41) is 3.05. The Hall–Kier alpha value is -1.02. The first-order valence-electron chi connectivity index (χ1n) is 6.49. The summed E-state index contributed by atoms with van der Waals surface area (Å²) in [6.45, 7) is 4.10. The molecule has 0 saturated carbocycles. The number of nitrogens with two attached hydrogens (primary N) is 1. The van der Waals surface area contributed by atoms with E-state index >= 15 is 0 Å². The Balaban J connectivity index is 0.00000200. The standard InChI is InChI=1S/C14H21N3O2.HI/c1-10-3-4-11(8-17-14(15)16-2)13(7-10)19-12-5-6-18-9-12;/h3-4,7,12H,5-6,8-9H2,1-2H3,(H3,15,16,17);1H. The minimum atomic E-state index is 0. The molecule has 0 amide bonds. The lowest BCUT2D eigenvalue weighted by Crippen LogP contribution is -2.31. The quantitative estimate of drug-likeness (QED) is 0.467. The molecule has 20 heavy (non-hydrogen) atoms. The Morgan fingerprint density at radius 3 is 3.00 bits per heavy atom. The molecular formula is C14H22IN3O2. The molecule has 0 radical (unpaired) electrons.